The van der Waals surface area contributed by atoms with E-state index in [2.05, 4.69) is 11.1 Å². The number of allylic oxidation sites excluding steroid dienone is 1. The highest BCUT2D eigenvalue weighted by Gasteiger charge is 2.18. The lowest BCUT2D eigenvalue weighted by Gasteiger charge is -2.19. The molecule has 2 N–H and O–H groups in total. The topological polar surface area (TPSA) is 38.9 Å². The molecule has 16 heavy (non-hydrogen) atoms. The van der Waals surface area contributed by atoms with Gasteiger partial charge in [-0.1, -0.05) is 34.9 Å². The van der Waals surface area contributed by atoms with E-state index in [0.717, 1.165) is 18.5 Å². The minimum Gasteiger partial charge on any atom is -0.319 e. The second-order valence-electron chi connectivity index (χ2n) is 4.02. The fourth-order valence-electron chi connectivity index (χ4n) is 1.98. The van der Waals surface area contributed by atoms with Crippen LogP contribution < -0.4 is 5.73 Å². The van der Waals surface area contributed by atoms with Gasteiger partial charge in [-0.2, -0.15) is 0 Å². The molecule has 0 radical (unpaired) electrons. The zero-order valence-corrected chi connectivity index (χ0v) is 10.4. The molecule has 4 heteroatoms. The van der Waals surface area contributed by atoms with Gasteiger partial charge in [-0.25, -0.2) is 0 Å². The van der Waals surface area contributed by atoms with Crippen LogP contribution in [0.25, 0.3) is 0 Å². The average molecular weight is 257 g/mol. The third-order valence-electron chi connectivity index (χ3n) is 2.86. The van der Waals surface area contributed by atoms with Gasteiger partial charge in [0, 0.05) is 6.20 Å². The van der Waals surface area contributed by atoms with Gasteiger partial charge in [-0.3, -0.25) is 4.98 Å². The molecular formula is C12H14Cl2N2. The molecule has 1 aliphatic carbocycles. The average Bonchev–Trinajstić information content (AvgIpc) is 2.29. The van der Waals surface area contributed by atoms with Gasteiger partial charge < -0.3 is 5.73 Å². The first-order valence-electron chi connectivity index (χ1n) is 5.44. The van der Waals surface area contributed by atoms with E-state index >= 15 is 0 Å². The summed E-state index contributed by atoms with van der Waals surface area (Å²) in [6, 6.07) is 1.50. The third-order valence-corrected chi connectivity index (χ3v) is 3.37. The van der Waals surface area contributed by atoms with Crippen LogP contribution >= 0.6 is 23.2 Å². The van der Waals surface area contributed by atoms with E-state index in [-0.39, 0.29) is 6.04 Å². The summed E-state index contributed by atoms with van der Waals surface area (Å²) >= 11 is 11.9. The van der Waals surface area contributed by atoms with Gasteiger partial charge in [-0.05, 0) is 31.7 Å². The summed E-state index contributed by atoms with van der Waals surface area (Å²) in [6.45, 7) is 0. The number of aromatic nitrogens is 1. The summed E-state index contributed by atoms with van der Waals surface area (Å²) in [5.74, 6) is 0. The Balaban J connectivity index is 2.26. The van der Waals surface area contributed by atoms with E-state index in [4.69, 9.17) is 28.9 Å². The minimum absolute atomic E-state index is 0.190. The molecule has 1 atom stereocenters. The summed E-state index contributed by atoms with van der Waals surface area (Å²) in [7, 11) is 0. The predicted molar refractivity (Wildman–Crippen MR) is 67.7 cm³/mol. The summed E-state index contributed by atoms with van der Waals surface area (Å²) in [5.41, 5.74) is 8.12. The maximum absolute atomic E-state index is 6.16. The molecule has 86 valence electrons. The Kier molecular flexibility index (Phi) is 3.85. The quantitative estimate of drug-likeness (QED) is 0.816. The monoisotopic (exact) mass is 256 g/mol. The first kappa shape index (κ1) is 11.9. The zero-order chi connectivity index (χ0) is 11.5. The highest BCUT2D eigenvalue weighted by Crippen LogP contribution is 2.31. The van der Waals surface area contributed by atoms with Crippen LogP contribution in [0.4, 0.5) is 0 Å². The van der Waals surface area contributed by atoms with Crippen molar-refractivity contribution in [2.45, 2.75) is 31.7 Å². The lowest BCUT2D eigenvalue weighted by atomic mass is 9.92. The molecule has 2 rings (SSSR count). The molecule has 0 aromatic carbocycles. The van der Waals surface area contributed by atoms with Gasteiger partial charge in [0.25, 0.3) is 0 Å². The van der Waals surface area contributed by atoms with Crippen LogP contribution in [0.5, 0.6) is 0 Å². The van der Waals surface area contributed by atoms with E-state index < -0.39 is 0 Å². The van der Waals surface area contributed by atoms with Crippen LogP contribution in [0.2, 0.25) is 10.0 Å². The Labute approximate surface area is 105 Å². The van der Waals surface area contributed by atoms with Gasteiger partial charge in [0.1, 0.15) is 0 Å². The highest BCUT2D eigenvalue weighted by atomic mass is 35.5. The largest absolute Gasteiger partial charge is 0.319 e. The van der Waals surface area contributed by atoms with E-state index in [0.29, 0.717) is 10.0 Å². The number of halogens is 2. The molecular weight excluding hydrogens is 243 g/mol. The number of hydrogen-bond donors (Lipinski definition) is 1. The van der Waals surface area contributed by atoms with E-state index in [9.17, 15) is 0 Å². The van der Waals surface area contributed by atoms with Gasteiger partial charge >= 0.3 is 0 Å². The van der Waals surface area contributed by atoms with Crippen molar-refractivity contribution in [2.75, 3.05) is 0 Å². The van der Waals surface area contributed by atoms with E-state index in [1.807, 2.05) is 0 Å². The number of hydrogen-bond acceptors (Lipinski definition) is 2. The van der Waals surface area contributed by atoms with Crippen LogP contribution in [0.3, 0.4) is 0 Å². The first-order valence-corrected chi connectivity index (χ1v) is 6.19. The molecule has 1 aliphatic rings. The molecule has 0 saturated heterocycles. The Morgan fingerprint density at radius 3 is 2.75 bits per heavy atom. The van der Waals surface area contributed by atoms with Gasteiger partial charge in [0.15, 0.2) is 0 Å². The van der Waals surface area contributed by atoms with Crippen molar-refractivity contribution in [1.29, 1.82) is 0 Å². The number of rotatable bonds is 2. The second kappa shape index (κ2) is 5.17. The van der Waals surface area contributed by atoms with Crippen molar-refractivity contribution in [2.24, 2.45) is 5.73 Å². The minimum atomic E-state index is -0.190. The predicted octanol–water partition coefficient (Wildman–Crippen LogP) is 3.89. The molecule has 0 aliphatic heterocycles. The molecule has 1 aromatic rings. The summed E-state index contributed by atoms with van der Waals surface area (Å²) in [5, 5.41) is 1.09. The van der Waals surface area contributed by atoms with Crippen molar-refractivity contribution < 1.29 is 0 Å². The molecule has 0 bridgehead atoms. The Hall–Kier alpha value is -0.570. The fourth-order valence-corrected chi connectivity index (χ4v) is 2.47. The fraction of sp³-hybridized carbons (Fsp3) is 0.417. The molecule has 0 amide bonds. The van der Waals surface area contributed by atoms with Crippen LogP contribution in [-0.4, -0.2) is 4.98 Å². The molecule has 0 spiro atoms. The van der Waals surface area contributed by atoms with Crippen LogP contribution in [0.15, 0.2) is 23.9 Å². The maximum Gasteiger partial charge on any atom is 0.0799 e. The van der Waals surface area contributed by atoms with E-state index in [1.54, 1.807) is 12.3 Å². The SMILES string of the molecule is NC(C1=CCCCC1)c1ncc(Cl)cc1Cl. The lowest BCUT2D eigenvalue weighted by molar-refractivity contribution is 0.641. The van der Waals surface area contributed by atoms with Crippen molar-refractivity contribution in [3.8, 4) is 0 Å². The summed E-state index contributed by atoms with van der Waals surface area (Å²) in [6.07, 6.45) is 8.39. The smallest absolute Gasteiger partial charge is 0.0799 e. The molecule has 1 heterocycles. The molecule has 0 saturated carbocycles. The third kappa shape index (κ3) is 2.57. The van der Waals surface area contributed by atoms with Crippen LogP contribution in [0.1, 0.15) is 37.4 Å². The molecule has 0 fully saturated rings. The second-order valence-corrected chi connectivity index (χ2v) is 4.87. The van der Waals surface area contributed by atoms with Crippen molar-refractivity contribution in [3.05, 3.63) is 39.7 Å². The Morgan fingerprint density at radius 2 is 2.12 bits per heavy atom. The zero-order valence-electron chi connectivity index (χ0n) is 8.92. The molecule has 1 aromatic heterocycles. The molecule has 2 nitrogen and oxygen atoms in total. The molecule has 1 unspecified atom stereocenters. The summed E-state index contributed by atoms with van der Waals surface area (Å²) < 4.78 is 0. The standard InChI is InChI=1S/C12H14Cl2N2/c13-9-6-10(14)12(16-7-9)11(15)8-4-2-1-3-5-8/h4,6-7,11H,1-3,5,15H2. The van der Waals surface area contributed by atoms with Crippen molar-refractivity contribution >= 4 is 23.2 Å². The van der Waals surface area contributed by atoms with Gasteiger partial charge in [0.05, 0.1) is 21.8 Å². The van der Waals surface area contributed by atoms with Gasteiger partial charge in [-0.15, -0.1) is 0 Å². The lowest BCUT2D eigenvalue weighted by Crippen LogP contribution is -2.16. The summed E-state index contributed by atoms with van der Waals surface area (Å²) in [4.78, 5) is 4.22. The number of pyridine rings is 1. The van der Waals surface area contributed by atoms with E-state index in [1.165, 1.54) is 18.4 Å². The number of nitrogens with zero attached hydrogens (tertiary/aromatic N) is 1. The van der Waals surface area contributed by atoms with Crippen LogP contribution in [-0.2, 0) is 0 Å². The number of nitrogens with two attached hydrogens (primary N) is 1. The maximum atomic E-state index is 6.16. The van der Waals surface area contributed by atoms with Gasteiger partial charge in [0.2, 0.25) is 0 Å². The Bertz CT molecular complexity index is 415. The van der Waals surface area contributed by atoms with Crippen molar-refractivity contribution in [1.82, 2.24) is 4.98 Å². The van der Waals surface area contributed by atoms with Crippen LogP contribution in [0, 0.1) is 0 Å². The first-order chi connectivity index (χ1) is 7.68. The normalized spacial score (nSPS) is 18.1. The highest BCUT2D eigenvalue weighted by molar-refractivity contribution is 6.34. The van der Waals surface area contributed by atoms with Crippen molar-refractivity contribution in [3.63, 3.8) is 0 Å². The Morgan fingerprint density at radius 1 is 1.31 bits per heavy atom.